The zero-order chi connectivity index (χ0) is 22.6. The zero-order valence-electron chi connectivity index (χ0n) is 17.5. The Hall–Kier alpha value is -3.37. The first-order chi connectivity index (χ1) is 15.2. The average Bonchev–Trinajstić information content (AvgIpc) is 3.30. The van der Waals surface area contributed by atoms with Crippen molar-refractivity contribution < 1.29 is 18.4 Å². The lowest BCUT2D eigenvalue weighted by molar-refractivity contribution is -0.138. The number of aromatic nitrogens is 3. The van der Waals surface area contributed by atoms with Gasteiger partial charge in [-0.05, 0) is 37.5 Å². The van der Waals surface area contributed by atoms with E-state index in [0.717, 1.165) is 12.8 Å². The van der Waals surface area contributed by atoms with Crippen LogP contribution in [-0.4, -0.2) is 62.8 Å². The lowest BCUT2D eigenvalue weighted by Crippen LogP contribution is -2.56. The summed E-state index contributed by atoms with van der Waals surface area (Å²) in [5, 5.41) is 3.08. The highest BCUT2D eigenvalue weighted by molar-refractivity contribution is 5.92. The van der Waals surface area contributed by atoms with Gasteiger partial charge in [0, 0.05) is 37.8 Å². The number of fused-ring (bicyclic) bond motifs is 2. The van der Waals surface area contributed by atoms with Gasteiger partial charge in [0.15, 0.2) is 0 Å². The topological polar surface area (TPSA) is 117 Å². The van der Waals surface area contributed by atoms with E-state index in [9.17, 15) is 18.4 Å². The van der Waals surface area contributed by atoms with Gasteiger partial charge < -0.3 is 20.9 Å². The summed E-state index contributed by atoms with van der Waals surface area (Å²) in [5.41, 5.74) is 6.75. The Kier molecular flexibility index (Phi) is 4.72. The van der Waals surface area contributed by atoms with E-state index in [2.05, 4.69) is 25.2 Å². The minimum absolute atomic E-state index is 0.0859. The first-order valence-electron chi connectivity index (χ1n) is 10.5. The number of halogens is 2. The highest BCUT2D eigenvalue weighted by atomic mass is 19.3. The molecule has 5 rings (SSSR count). The molecule has 2 bridgehead atoms. The molecule has 0 aromatic carbocycles. The molecule has 2 aliphatic heterocycles. The van der Waals surface area contributed by atoms with Crippen LogP contribution in [0.3, 0.4) is 0 Å². The van der Waals surface area contributed by atoms with Crippen LogP contribution >= 0.6 is 0 Å². The van der Waals surface area contributed by atoms with Crippen molar-refractivity contribution in [3.63, 3.8) is 0 Å². The number of carbonyl (C=O) groups is 2. The minimum atomic E-state index is -2.84. The smallest absolute Gasteiger partial charge is 0.267 e. The first kappa shape index (κ1) is 20.5. The Labute approximate surface area is 183 Å². The molecular weight excluding hydrogens is 420 g/mol. The second-order valence-electron chi connectivity index (χ2n) is 8.67. The fraction of sp³-hybridized carbons (Fsp3) is 0.476. The molecule has 3 atom stereocenters. The summed E-state index contributed by atoms with van der Waals surface area (Å²) in [5.74, 6) is -3.94. The minimum Gasteiger partial charge on any atom is -0.364 e. The maximum Gasteiger partial charge on any atom is 0.267 e. The van der Waals surface area contributed by atoms with Gasteiger partial charge in [-0.2, -0.15) is 4.98 Å². The maximum absolute atomic E-state index is 13.4. The third kappa shape index (κ3) is 3.61. The van der Waals surface area contributed by atoms with Gasteiger partial charge in [0.1, 0.15) is 17.4 Å². The van der Waals surface area contributed by atoms with Gasteiger partial charge in [-0.15, -0.1) is 0 Å². The highest BCUT2D eigenvalue weighted by Crippen LogP contribution is 2.51. The van der Waals surface area contributed by atoms with Gasteiger partial charge in [0.2, 0.25) is 11.9 Å². The number of nitrogens with zero attached hydrogens (tertiary/aromatic N) is 5. The van der Waals surface area contributed by atoms with Crippen molar-refractivity contribution in [1.82, 2.24) is 19.9 Å². The summed E-state index contributed by atoms with van der Waals surface area (Å²) in [6, 6.07) is 3.35. The van der Waals surface area contributed by atoms with Crippen LogP contribution in [0, 0.1) is 12.8 Å². The van der Waals surface area contributed by atoms with Gasteiger partial charge in [-0.1, -0.05) is 0 Å². The predicted octanol–water partition coefficient (Wildman–Crippen LogP) is 1.86. The Morgan fingerprint density at radius 2 is 1.91 bits per heavy atom. The van der Waals surface area contributed by atoms with Crippen molar-refractivity contribution in [1.29, 1.82) is 0 Å². The second-order valence-corrected chi connectivity index (χ2v) is 8.67. The number of aryl methyl sites for hydroxylation is 1. The van der Waals surface area contributed by atoms with Crippen LogP contribution in [0.25, 0.3) is 0 Å². The molecular formula is C21H23F2N7O2. The molecule has 3 fully saturated rings. The van der Waals surface area contributed by atoms with E-state index in [0.29, 0.717) is 36.1 Å². The van der Waals surface area contributed by atoms with E-state index in [1.807, 2.05) is 0 Å². The Morgan fingerprint density at radius 3 is 2.50 bits per heavy atom. The SMILES string of the molecule is Cc1cc(Nc2nccc(N3CC4CC[C@H](C3)N4C(=O)C3CC3(F)F)n2)cnc1C(N)=O. The van der Waals surface area contributed by atoms with Gasteiger partial charge >= 0.3 is 0 Å². The van der Waals surface area contributed by atoms with Crippen LogP contribution in [0.5, 0.6) is 0 Å². The third-order valence-corrected chi connectivity index (χ3v) is 6.39. The van der Waals surface area contributed by atoms with Crippen LogP contribution in [0.2, 0.25) is 0 Å². The van der Waals surface area contributed by atoms with E-state index in [-0.39, 0.29) is 24.2 Å². The molecule has 2 saturated heterocycles. The number of pyridine rings is 1. The lowest BCUT2D eigenvalue weighted by Gasteiger charge is -2.41. The number of rotatable bonds is 5. The van der Waals surface area contributed by atoms with Crippen molar-refractivity contribution in [3.05, 3.63) is 35.8 Å². The summed E-state index contributed by atoms with van der Waals surface area (Å²) < 4.78 is 26.8. The first-order valence-corrected chi connectivity index (χ1v) is 10.5. The second kappa shape index (κ2) is 7.35. The molecule has 1 aliphatic carbocycles. The van der Waals surface area contributed by atoms with Crippen LogP contribution in [0.4, 0.5) is 26.2 Å². The molecule has 9 nitrogen and oxygen atoms in total. The van der Waals surface area contributed by atoms with Crippen molar-refractivity contribution >= 4 is 29.3 Å². The zero-order valence-corrected chi connectivity index (χ0v) is 17.5. The fourth-order valence-corrected chi connectivity index (χ4v) is 4.73. The standard InChI is InChI=1S/C21H23F2N7O2/c1-11-6-12(8-26-17(11)18(24)31)27-20-25-5-4-16(28-20)29-9-13-2-3-14(10-29)30(13)19(32)15-7-21(15,22)23/h4-6,8,13-15H,2-3,7,9-10H2,1H3,(H2,24,31)(H,25,27,28)/t13-,14?,15?/m1/s1. The van der Waals surface area contributed by atoms with Crippen LogP contribution in [-0.2, 0) is 4.79 Å². The van der Waals surface area contributed by atoms with Crippen molar-refractivity contribution in [3.8, 4) is 0 Å². The molecule has 1 saturated carbocycles. The number of nitrogens with two attached hydrogens (primary N) is 1. The molecule has 32 heavy (non-hydrogen) atoms. The van der Waals surface area contributed by atoms with Gasteiger partial charge in [0.25, 0.3) is 11.8 Å². The van der Waals surface area contributed by atoms with Gasteiger partial charge in [-0.25, -0.2) is 18.7 Å². The third-order valence-electron chi connectivity index (χ3n) is 6.39. The average molecular weight is 443 g/mol. The lowest BCUT2D eigenvalue weighted by atomic mass is 10.1. The fourth-order valence-electron chi connectivity index (χ4n) is 4.73. The molecule has 2 amide bonds. The maximum atomic E-state index is 13.4. The number of hydrogen-bond acceptors (Lipinski definition) is 7. The summed E-state index contributed by atoms with van der Waals surface area (Å²) in [7, 11) is 0. The largest absolute Gasteiger partial charge is 0.364 e. The molecule has 168 valence electrons. The number of carbonyl (C=O) groups excluding carboxylic acids is 2. The number of amides is 2. The van der Waals surface area contributed by atoms with Crippen LogP contribution < -0.4 is 16.0 Å². The van der Waals surface area contributed by atoms with Crippen LogP contribution in [0.1, 0.15) is 35.3 Å². The molecule has 0 radical (unpaired) electrons. The Balaban J connectivity index is 1.29. The molecule has 2 aromatic rings. The highest BCUT2D eigenvalue weighted by Gasteiger charge is 2.64. The van der Waals surface area contributed by atoms with E-state index in [1.54, 1.807) is 30.2 Å². The van der Waals surface area contributed by atoms with E-state index < -0.39 is 23.7 Å². The van der Waals surface area contributed by atoms with Crippen LogP contribution in [0.15, 0.2) is 24.5 Å². The van der Waals surface area contributed by atoms with E-state index >= 15 is 0 Å². The summed E-state index contributed by atoms with van der Waals surface area (Å²) in [4.78, 5) is 40.6. The van der Waals surface area contributed by atoms with Crippen molar-refractivity contribution in [2.45, 2.75) is 44.2 Å². The Bertz CT molecular complexity index is 1080. The number of hydrogen-bond donors (Lipinski definition) is 2. The molecule has 11 heteroatoms. The molecule has 0 spiro atoms. The predicted molar refractivity (Wildman–Crippen MR) is 112 cm³/mol. The van der Waals surface area contributed by atoms with E-state index in [4.69, 9.17) is 5.73 Å². The number of piperazine rings is 1. The molecule has 3 N–H and O–H groups in total. The monoisotopic (exact) mass is 443 g/mol. The van der Waals surface area contributed by atoms with Gasteiger partial charge in [-0.3, -0.25) is 9.59 Å². The van der Waals surface area contributed by atoms with Crippen molar-refractivity contribution in [2.75, 3.05) is 23.3 Å². The quantitative estimate of drug-likeness (QED) is 0.724. The molecule has 2 unspecified atom stereocenters. The number of alkyl halides is 2. The Morgan fingerprint density at radius 1 is 1.22 bits per heavy atom. The molecule has 4 heterocycles. The summed E-state index contributed by atoms with van der Waals surface area (Å²) >= 11 is 0. The normalized spacial score (nSPS) is 25.5. The summed E-state index contributed by atoms with van der Waals surface area (Å²) in [6.07, 6.45) is 4.40. The number of nitrogens with one attached hydrogen (secondary N) is 1. The van der Waals surface area contributed by atoms with Crippen molar-refractivity contribution in [2.24, 2.45) is 11.7 Å². The van der Waals surface area contributed by atoms with Gasteiger partial charge in [0.05, 0.1) is 11.9 Å². The molecule has 2 aromatic heterocycles. The molecule has 3 aliphatic rings. The number of primary amides is 1. The van der Waals surface area contributed by atoms with E-state index in [1.165, 1.54) is 6.20 Å². The number of anilines is 3. The summed E-state index contributed by atoms with van der Waals surface area (Å²) in [6.45, 7) is 2.83.